The maximum absolute atomic E-state index is 5.71. The normalized spacial score (nSPS) is 28.1. The Balaban J connectivity index is 2.18. The van der Waals surface area contributed by atoms with Crippen LogP contribution in [-0.4, -0.2) is 30.0 Å². The molecule has 1 saturated carbocycles. The van der Waals surface area contributed by atoms with Crippen LogP contribution < -0.4 is 5.73 Å². The summed E-state index contributed by atoms with van der Waals surface area (Å²) < 4.78 is 0. The van der Waals surface area contributed by atoms with Gasteiger partial charge in [0.25, 0.3) is 0 Å². The number of aliphatic imine (C=N–C) groups is 1. The standard InChI is InChI=1S/C8H15N3/c1-11-7(9)10-6-8(11)4-2-3-5-8/h2-6H2,1H3,(H2,9,10). The minimum Gasteiger partial charge on any atom is -0.370 e. The van der Waals surface area contributed by atoms with Crippen molar-refractivity contribution in [3.8, 4) is 0 Å². The second kappa shape index (κ2) is 2.13. The van der Waals surface area contributed by atoms with E-state index in [4.69, 9.17) is 5.73 Å². The lowest BCUT2D eigenvalue weighted by atomic mass is 9.98. The van der Waals surface area contributed by atoms with E-state index < -0.39 is 0 Å². The van der Waals surface area contributed by atoms with Crippen LogP contribution in [0.15, 0.2) is 4.99 Å². The second-order valence-electron chi connectivity index (χ2n) is 3.66. The van der Waals surface area contributed by atoms with Crippen LogP contribution in [0.25, 0.3) is 0 Å². The Morgan fingerprint density at radius 3 is 2.55 bits per heavy atom. The maximum atomic E-state index is 5.71. The highest BCUT2D eigenvalue weighted by atomic mass is 15.3. The molecule has 0 amide bonds. The minimum absolute atomic E-state index is 0.323. The van der Waals surface area contributed by atoms with E-state index in [9.17, 15) is 0 Å². The summed E-state index contributed by atoms with van der Waals surface area (Å²) >= 11 is 0. The van der Waals surface area contributed by atoms with Crippen LogP contribution in [0, 0.1) is 0 Å². The molecule has 0 saturated heterocycles. The van der Waals surface area contributed by atoms with Crippen molar-refractivity contribution in [2.75, 3.05) is 13.6 Å². The van der Waals surface area contributed by atoms with Gasteiger partial charge in [0.2, 0.25) is 0 Å². The molecule has 3 heteroatoms. The summed E-state index contributed by atoms with van der Waals surface area (Å²) in [6.07, 6.45) is 5.22. The van der Waals surface area contributed by atoms with E-state index in [1.165, 1.54) is 25.7 Å². The highest BCUT2D eigenvalue weighted by Gasteiger charge is 2.41. The van der Waals surface area contributed by atoms with Gasteiger partial charge in [0, 0.05) is 7.05 Å². The van der Waals surface area contributed by atoms with Gasteiger partial charge in [-0.2, -0.15) is 0 Å². The summed E-state index contributed by atoms with van der Waals surface area (Å²) in [5, 5.41) is 0. The molecule has 1 aliphatic carbocycles. The van der Waals surface area contributed by atoms with Crippen LogP contribution in [-0.2, 0) is 0 Å². The van der Waals surface area contributed by atoms with Crippen molar-refractivity contribution in [1.82, 2.24) is 4.90 Å². The number of nitrogens with two attached hydrogens (primary N) is 1. The summed E-state index contributed by atoms with van der Waals surface area (Å²) in [6.45, 7) is 0.926. The summed E-state index contributed by atoms with van der Waals surface area (Å²) in [6, 6.07) is 0. The molecule has 0 unspecified atom stereocenters. The Morgan fingerprint density at radius 1 is 1.45 bits per heavy atom. The largest absolute Gasteiger partial charge is 0.370 e. The van der Waals surface area contributed by atoms with Crippen molar-refractivity contribution >= 4 is 5.96 Å². The lowest BCUT2D eigenvalue weighted by molar-refractivity contribution is 0.243. The molecule has 0 aromatic rings. The first kappa shape index (κ1) is 6.95. The van der Waals surface area contributed by atoms with E-state index in [2.05, 4.69) is 16.9 Å². The van der Waals surface area contributed by atoms with Gasteiger partial charge in [-0.1, -0.05) is 12.8 Å². The Bertz CT molecular complexity index is 192. The molecule has 62 valence electrons. The molecule has 1 fully saturated rings. The van der Waals surface area contributed by atoms with E-state index in [1.54, 1.807) is 0 Å². The number of guanidine groups is 1. The molecule has 2 aliphatic rings. The van der Waals surface area contributed by atoms with Gasteiger partial charge in [-0.3, -0.25) is 4.99 Å². The number of hydrogen-bond acceptors (Lipinski definition) is 3. The first-order valence-corrected chi connectivity index (χ1v) is 4.28. The van der Waals surface area contributed by atoms with E-state index in [-0.39, 0.29) is 0 Å². The van der Waals surface area contributed by atoms with Crippen molar-refractivity contribution in [2.45, 2.75) is 31.2 Å². The molecule has 1 spiro atoms. The van der Waals surface area contributed by atoms with Gasteiger partial charge < -0.3 is 10.6 Å². The first-order valence-electron chi connectivity index (χ1n) is 4.28. The van der Waals surface area contributed by atoms with Gasteiger partial charge in [0.05, 0.1) is 12.1 Å². The van der Waals surface area contributed by atoms with Crippen molar-refractivity contribution in [3.63, 3.8) is 0 Å². The zero-order valence-electron chi connectivity index (χ0n) is 7.01. The summed E-state index contributed by atoms with van der Waals surface area (Å²) in [5.41, 5.74) is 6.03. The number of hydrogen-bond donors (Lipinski definition) is 1. The van der Waals surface area contributed by atoms with Crippen LogP contribution in [0.4, 0.5) is 0 Å². The average Bonchev–Trinajstić information content (AvgIpc) is 2.56. The summed E-state index contributed by atoms with van der Waals surface area (Å²) in [5.74, 6) is 0.729. The third kappa shape index (κ3) is 0.832. The molecule has 11 heavy (non-hydrogen) atoms. The van der Waals surface area contributed by atoms with Crippen LogP contribution in [0.1, 0.15) is 25.7 Å². The summed E-state index contributed by atoms with van der Waals surface area (Å²) in [4.78, 5) is 6.44. The third-order valence-corrected chi connectivity index (χ3v) is 3.12. The molecular weight excluding hydrogens is 138 g/mol. The Labute approximate surface area is 67.3 Å². The molecular formula is C8H15N3. The number of rotatable bonds is 0. The van der Waals surface area contributed by atoms with E-state index in [0.717, 1.165) is 12.5 Å². The fourth-order valence-corrected chi connectivity index (χ4v) is 2.21. The fourth-order valence-electron chi connectivity index (χ4n) is 2.21. The molecule has 1 heterocycles. The Kier molecular flexibility index (Phi) is 1.34. The summed E-state index contributed by atoms with van der Waals surface area (Å²) in [7, 11) is 2.07. The van der Waals surface area contributed by atoms with Gasteiger partial charge in [-0.05, 0) is 12.8 Å². The Hall–Kier alpha value is -0.730. The van der Waals surface area contributed by atoms with Gasteiger partial charge in [-0.25, -0.2) is 0 Å². The topological polar surface area (TPSA) is 41.6 Å². The van der Waals surface area contributed by atoms with Crippen LogP contribution in [0.2, 0.25) is 0 Å². The van der Waals surface area contributed by atoms with Gasteiger partial charge in [0.15, 0.2) is 5.96 Å². The lowest BCUT2D eigenvalue weighted by Gasteiger charge is -2.32. The number of nitrogens with zero attached hydrogens (tertiary/aromatic N) is 2. The lowest BCUT2D eigenvalue weighted by Crippen LogP contribution is -2.47. The SMILES string of the molecule is CN1C(N)=NCC12CCCC2. The molecule has 0 aromatic heterocycles. The highest BCUT2D eigenvalue weighted by Crippen LogP contribution is 2.37. The average molecular weight is 153 g/mol. The van der Waals surface area contributed by atoms with Crippen LogP contribution >= 0.6 is 0 Å². The quantitative estimate of drug-likeness (QED) is 0.552. The zero-order valence-corrected chi connectivity index (χ0v) is 7.01. The molecule has 0 atom stereocenters. The minimum atomic E-state index is 0.323. The molecule has 2 rings (SSSR count). The molecule has 2 N–H and O–H groups in total. The maximum Gasteiger partial charge on any atom is 0.191 e. The van der Waals surface area contributed by atoms with Crippen LogP contribution in [0.5, 0.6) is 0 Å². The Morgan fingerprint density at radius 2 is 2.09 bits per heavy atom. The second-order valence-corrected chi connectivity index (χ2v) is 3.66. The van der Waals surface area contributed by atoms with Gasteiger partial charge >= 0.3 is 0 Å². The molecule has 0 radical (unpaired) electrons. The van der Waals surface area contributed by atoms with E-state index in [1.807, 2.05) is 0 Å². The molecule has 0 aromatic carbocycles. The third-order valence-electron chi connectivity index (χ3n) is 3.12. The van der Waals surface area contributed by atoms with Gasteiger partial charge in [-0.15, -0.1) is 0 Å². The van der Waals surface area contributed by atoms with Gasteiger partial charge in [0.1, 0.15) is 0 Å². The van der Waals surface area contributed by atoms with Crippen molar-refractivity contribution in [3.05, 3.63) is 0 Å². The molecule has 1 aliphatic heterocycles. The highest BCUT2D eigenvalue weighted by molar-refractivity contribution is 5.80. The van der Waals surface area contributed by atoms with Crippen molar-refractivity contribution in [1.29, 1.82) is 0 Å². The van der Waals surface area contributed by atoms with E-state index >= 15 is 0 Å². The van der Waals surface area contributed by atoms with Crippen LogP contribution in [0.3, 0.4) is 0 Å². The zero-order chi connectivity index (χ0) is 7.90. The fraction of sp³-hybridized carbons (Fsp3) is 0.875. The molecule has 0 bridgehead atoms. The van der Waals surface area contributed by atoms with Crippen molar-refractivity contribution < 1.29 is 0 Å². The smallest absolute Gasteiger partial charge is 0.191 e. The van der Waals surface area contributed by atoms with E-state index in [0.29, 0.717) is 5.54 Å². The molecule has 3 nitrogen and oxygen atoms in total. The predicted octanol–water partition coefficient (Wildman–Crippen LogP) is 0.559. The number of likely N-dealkylation sites (N-methyl/N-ethyl adjacent to an activating group) is 1. The monoisotopic (exact) mass is 153 g/mol. The predicted molar refractivity (Wildman–Crippen MR) is 45.5 cm³/mol. The van der Waals surface area contributed by atoms with Crippen molar-refractivity contribution in [2.24, 2.45) is 10.7 Å². The first-order chi connectivity index (χ1) is 5.25.